The molecule has 222 valence electrons. The first-order valence-corrected chi connectivity index (χ1v) is 14.8. The minimum atomic E-state index is -1.23. The van der Waals surface area contributed by atoms with Crippen LogP contribution in [0.3, 0.4) is 0 Å². The molecule has 4 atom stereocenters. The molecule has 43 heavy (non-hydrogen) atoms. The van der Waals surface area contributed by atoms with Gasteiger partial charge in [0.2, 0.25) is 5.88 Å². The van der Waals surface area contributed by atoms with Crippen molar-refractivity contribution in [3.8, 4) is 17.4 Å². The van der Waals surface area contributed by atoms with Crippen molar-refractivity contribution in [1.29, 1.82) is 0 Å². The van der Waals surface area contributed by atoms with E-state index in [0.717, 1.165) is 16.7 Å². The Morgan fingerprint density at radius 3 is 2.00 bits per heavy atom. The van der Waals surface area contributed by atoms with Gasteiger partial charge < -0.3 is 29.2 Å². The largest absolute Gasteiger partial charge is 0.497 e. The predicted molar refractivity (Wildman–Crippen MR) is 167 cm³/mol. The molecule has 0 radical (unpaired) electrons. The summed E-state index contributed by atoms with van der Waals surface area (Å²) in [4.78, 5) is 8.63. The average molecular weight is 695 g/mol. The van der Waals surface area contributed by atoms with Gasteiger partial charge in [-0.3, -0.25) is 0 Å². The van der Waals surface area contributed by atoms with Crippen LogP contribution in [0, 0.1) is 3.70 Å². The fraction of sp³-hybridized carbons (Fsp3) is 0.281. The molecule has 1 fully saturated rings. The monoisotopic (exact) mass is 694 g/mol. The molecule has 3 heterocycles. The molecule has 0 saturated carbocycles. The maximum absolute atomic E-state index is 12.6. The number of aliphatic hydroxyl groups is 2. The van der Waals surface area contributed by atoms with Crippen LogP contribution < -0.4 is 14.2 Å². The highest BCUT2D eigenvalue weighted by Gasteiger charge is 2.52. The van der Waals surface area contributed by atoms with Gasteiger partial charge in [0.15, 0.2) is 11.9 Å². The van der Waals surface area contributed by atoms with E-state index >= 15 is 0 Å². The van der Waals surface area contributed by atoms with Crippen LogP contribution in [0.5, 0.6) is 17.4 Å². The number of fused-ring (bicyclic) bond motifs is 1. The fourth-order valence-electron chi connectivity index (χ4n) is 6.04. The van der Waals surface area contributed by atoms with Gasteiger partial charge in [0, 0.05) is 6.42 Å². The van der Waals surface area contributed by atoms with E-state index in [0.29, 0.717) is 32.1 Å². The zero-order chi connectivity index (χ0) is 30.1. The third-order valence-electron chi connectivity index (χ3n) is 8.09. The summed E-state index contributed by atoms with van der Waals surface area (Å²) in [5.74, 6) is 1.77. The van der Waals surface area contributed by atoms with Gasteiger partial charge in [-0.15, -0.1) is 0 Å². The van der Waals surface area contributed by atoms with Crippen LogP contribution in [0.1, 0.15) is 29.3 Å². The zero-order valence-electron chi connectivity index (χ0n) is 23.8. The summed E-state index contributed by atoms with van der Waals surface area (Å²) < 4.78 is 25.1. The second-order valence-electron chi connectivity index (χ2n) is 10.3. The Bertz CT molecular complexity index is 1650. The highest BCUT2D eigenvalue weighted by atomic mass is 127. The summed E-state index contributed by atoms with van der Waals surface area (Å²) in [7, 11) is 4.77. The van der Waals surface area contributed by atoms with Crippen molar-refractivity contribution in [3.05, 3.63) is 106 Å². The molecule has 11 heteroatoms. The van der Waals surface area contributed by atoms with E-state index in [1.807, 2.05) is 78.9 Å². The van der Waals surface area contributed by atoms with Crippen LogP contribution in [0.2, 0.25) is 0 Å². The number of rotatable bonds is 9. The highest BCUT2D eigenvalue weighted by Crippen LogP contribution is 2.47. The third-order valence-corrected chi connectivity index (χ3v) is 8.84. The Morgan fingerprint density at radius 2 is 1.44 bits per heavy atom. The Labute approximate surface area is 262 Å². The zero-order valence-corrected chi connectivity index (χ0v) is 26.0. The summed E-state index contributed by atoms with van der Waals surface area (Å²) in [6, 6.07) is 24.9. The van der Waals surface area contributed by atoms with Crippen molar-refractivity contribution in [2.45, 2.75) is 36.4 Å². The lowest BCUT2D eigenvalue weighted by atomic mass is 9.64. The molecule has 2 N–H and O–H groups in total. The average Bonchev–Trinajstić information content (AvgIpc) is 3.61. The smallest absolute Gasteiger partial charge is 0.228 e. The van der Waals surface area contributed by atoms with Gasteiger partial charge in [0.1, 0.15) is 39.1 Å². The van der Waals surface area contributed by atoms with Gasteiger partial charge in [-0.2, -0.15) is 5.10 Å². The van der Waals surface area contributed by atoms with Crippen LogP contribution in [0.25, 0.3) is 11.0 Å². The van der Waals surface area contributed by atoms with Crippen molar-refractivity contribution < 1.29 is 29.2 Å². The van der Waals surface area contributed by atoms with Gasteiger partial charge in [0.05, 0.1) is 32.8 Å². The number of benzene rings is 3. The van der Waals surface area contributed by atoms with E-state index in [1.54, 1.807) is 26.0 Å². The van der Waals surface area contributed by atoms with Crippen LogP contribution in [0.4, 0.5) is 0 Å². The molecule has 6 rings (SSSR count). The normalized spacial score (nSPS) is 19.3. The first-order chi connectivity index (χ1) is 20.9. The number of aromatic nitrogens is 4. The Balaban J connectivity index is 1.49. The van der Waals surface area contributed by atoms with E-state index in [9.17, 15) is 10.2 Å². The molecule has 1 aliphatic rings. The summed E-state index contributed by atoms with van der Waals surface area (Å²) in [5.41, 5.74) is 1.80. The fourth-order valence-corrected chi connectivity index (χ4v) is 6.75. The lowest BCUT2D eigenvalue weighted by Gasteiger charge is -2.42. The number of nitrogens with zero attached hydrogens (tertiary/aromatic N) is 4. The molecular formula is C32H31IN4O6. The van der Waals surface area contributed by atoms with Crippen LogP contribution in [0.15, 0.2) is 85.2 Å². The summed E-state index contributed by atoms with van der Waals surface area (Å²) in [5, 5.41) is 29.4. The van der Waals surface area contributed by atoms with Gasteiger partial charge in [-0.05, 0) is 63.5 Å². The number of hydrogen-bond acceptors (Lipinski definition) is 9. The lowest BCUT2D eigenvalue weighted by molar-refractivity contribution is -0.0984. The van der Waals surface area contributed by atoms with Crippen molar-refractivity contribution >= 4 is 33.6 Å². The first-order valence-electron chi connectivity index (χ1n) is 13.7. The van der Waals surface area contributed by atoms with Crippen LogP contribution >= 0.6 is 22.6 Å². The van der Waals surface area contributed by atoms with Gasteiger partial charge in [-0.1, -0.05) is 54.6 Å². The van der Waals surface area contributed by atoms with E-state index in [-0.39, 0.29) is 6.42 Å². The van der Waals surface area contributed by atoms with Crippen molar-refractivity contribution in [1.82, 2.24) is 19.7 Å². The lowest BCUT2D eigenvalue weighted by Crippen LogP contribution is -2.51. The van der Waals surface area contributed by atoms with Crippen LogP contribution in [-0.4, -0.2) is 69.6 Å². The van der Waals surface area contributed by atoms with Crippen molar-refractivity contribution in [2.24, 2.45) is 0 Å². The molecule has 0 aliphatic carbocycles. The molecule has 3 aromatic carbocycles. The number of ether oxygens (including phenoxy) is 4. The standard InChI is InChI=1S/C32H31IN4O6/c1-40-22-13-9-20(10-14-22)32(19-7-5-4-6-8-19,21-11-15-23(41-2)16-12-21)28(39)27-24(38)17-25(43-27)37-30-26(29(33)36-37)31(42-3)35-18-34-30/h4-16,18,24-25,27-28,38-39H,17H2,1-3H3/t24-,25+,27-,28?/m0/s1. The Hall–Kier alpha value is -3.78. The van der Waals surface area contributed by atoms with E-state index in [4.69, 9.17) is 18.9 Å². The molecule has 10 nitrogen and oxygen atoms in total. The molecule has 1 unspecified atom stereocenters. The number of halogens is 1. The first kappa shape index (κ1) is 29.3. The molecule has 0 spiro atoms. The maximum Gasteiger partial charge on any atom is 0.228 e. The number of aliphatic hydroxyl groups excluding tert-OH is 2. The molecule has 1 saturated heterocycles. The van der Waals surface area contributed by atoms with E-state index in [1.165, 1.54) is 6.33 Å². The second kappa shape index (κ2) is 12.1. The predicted octanol–water partition coefficient (Wildman–Crippen LogP) is 4.50. The van der Waals surface area contributed by atoms with Gasteiger partial charge in [-0.25, -0.2) is 14.6 Å². The topological polar surface area (TPSA) is 121 Å². The third kappa shape index (κ3) is 4.99. The maximum atomic E-state index is 12.6. The van der Waals surface area contributed by atoms with E-state index in [2.05, 4.69) is 37.7 Å². The highest BCUT2D eigenvalue weighted by molar-refractivity contribution is 14.1. The van der Waals surface area contributed by atoms with Crippen molar-refractivity contribution in [3.63, 3.8) is 0 Å². The number of methoxy groups -OCH3 is 3. The molecular weight excluding hydrogens is 663 g/mol. The molecule has 5 aromatic rings. The molecule has 0 amide bonds. The summed E-state index contributed by atoms with van der Waals surface area (Å²) in [6.45, 7) is 0. The summed E-state index contributed by atoms with van der Waals surface area (Å²) >= 11 is 2.11. The van der Waals surface area contributed by atoms with Gasteiger partial charge in [0.25, 0.3) is 0 Å². The minimum Gasteiger partial charge on any atom is -0.497 e. The number of hydrogen-bond donors (Lipinski definition) is 2. The van der Waals surface area contributed by atoms with Crippen molar-refractivity contribution in [2.75, 3.05) is 21.3 Å². The Kier molecular flexibility index (Phi) is 8.23. The summed E-state index contributed by atoms with van der Waals surface area (Å²) in [6.07, 6.45) is -2.34. The molecule has 0 bridgehead atoms. The van der Waals surface area contributed by atoms with Crippen LogP contribution in [-0.2, 0) is 10.2 Å². The van der Waals surface area contributed by atoms with Gasteiger partial charge >= 0.3 is 0 Å². The Morgan fingerprint density at radius 1 is 0.860 bits per heavy atom. The second-order valence-corrected chi connectivity index (χ2v) is 11.3. The molecule has 2 aromatic heterocycles. The van der Waals surface area contributed by atoms with E-state index < -0.39 is 30.0 Å². The molecule has 1 aliphatic heterocycles. The quantitative estimate of drug-likeness (QED) is 0.170. The minimum absolute atomic E-state index is 0.191. The SMILES string of the molecule is COc1ccc(C(c2ccccc2)(c2ccc(OC)cc2)C(O)[C@H]2O[C@@H](n3nc(I)c4c(OC)ncnc43)C[C@@H]2O)cc1.